The second-order valence-electron chi connectivity index (χ2n) is 6.16. The van der Waals surface area contributed by atoms with Gasteiger partial charge in [0.05, 0.1) is 0 Å². The number of hydrogen-bond acceptors (Lipinski definition) is 4. The lowest BCUT2D eigenvalue weighted by atomic mass is 10.1. The molecule has 1 atom stereocenters. The highest BCUT2D eigenvalue weighted by atomic mass is 16.5. The Kier molecular flexibility index (Phi) is 5.43. The molecule has 1 heterocycles. The molecule has 5 nitrogen and oxygen atoms in total. The normalized spacial score (nSPS) is 14.9. The Hall–Kier alpha value is -2.40. The number of nitrogens with zero attached hydrogens (tertiary/aromatic N) is 1. The van der Waals surface area contributed by atoms with Gasteiger partial charge in [0.1, 0.15) is 5.75 Å². The van der Waals surface area contributed by atoms with Gasteiger partial charge in [0.25, 0.3) is 5.91 Å². The van der Waals surface area contributed by atoms with Gasteiger partial charge in [-0.2, -0.15) is 0 Å². The Labute approximate surface area is 142 Å². The van der Waals surface area contributed by atoms with Crippen LogP contribution in [0.15, 0.2) is 48.8 Å². The summed E-state index contributed by atoms with van der Waals surface area (Å²) >= 11 is 0. The average Bonchev–Trinajstić information content (AvgIpc) is 3.43. The fourth-order valence-corrected chi connectivity index (χ4v) is 2.39. The number of aromatic nitrogens is 1. The molecule has 0 unspecified atom stereocenters. The molecule has 1 aliphatic carbocycles. The van der Waals surface area contributed by atoms with Gasteiger partial charge in [-0.25, -0.2) is 0 Å². The molecule has 0 saturated heterocycles. The topological polar surface area (TPSA) is 63.3 Å². The van der Waals surface area contributed by atoms with Crippen LogP contribution in [0, 0.1) is 0 Å². The van der Waals surface area contributed by atoms with Crippen molar-refractivity contribution in [3.8, 4) is 5.75 Å². The van der Waals surface area contributed by atoms with Crippen molar-refractivity contribution in [1.29, 1.82) is 0 Å². The number of amides is 1. The highest BCUT2D eigenvalue weighted by molar-refractivity contribution is 5.78. The smallest absolute Gasteiger partial charge is 0.258 e. The molecule has 1 aromatic heterocycles. The van der Waals surface area contributed by atoms with E-state index in [9.17, 15) is 4.79 Å². The van der Waals surface area contributed by atoms with E-state index < -0.39 is 0 Å². The van der Waals surface area contributed by atoms with E-state index >= 15 is 0 Å². The fourth-order valence-electron chi connectivity index (χ4n) is 2.39. The number of carbonyl (C=O) groups is 1. The number of pyridine rings is 1. The van der Waals surface area contributed by atoms with Gasteiger partial charge in [-0.3, -0.25) is 9.78 Å². The van der Waals surface area contributed by atoms with Crippen molar-refractivity contribution >= 4 is 5.91 Å². The van der Waals surface area contributed by atoms with E-state index in [1.807, 2.05) is 36.5 Å². The van der Waals surface area contributed by atoms with E-state index in [1.165, 1.54) is 5.56 Å². The highest BCUT2D eigenvalue weighted by Gasteiger charge is 2.23. The molecule has 1 saturated carbocycles. The molecule has 126 valence electrons. The molecule has 0 radical (unpaired) electrons. The molecular weight excluding hydrogens is 302 g/mol. The fraction of sp³-hybridized carbons (Fsp3) is 0.368. The zero-order chi connectivity index (χ0) is 16.8. The van der Waals surface area contributed by atoms with E-state index in [4.69, 9.17) is 4.74 Å². The highest BCUT2D eigenvalue weighted by Crippen LogP contribution is 2.19. The van der Waals surface area contributed by atoms with Crippen molar-refractivity contribution < 1.29 is 9.53 Å². The van der Waals surface area contributed by atoms with Gasteiger partial charge < -0.3 is 15.4 Å². The van der Waals surface area contributed by atoms with E-state index in [0.29, 0.717) is 11.8 Å². The van der Waals surface area contributed by atoms with Gasteiger partial charge in [0.15, 0.2) is 6.61 Å². The molecule has 0 bridgehead atoms. The van der Waals surface area contributed by atoms with Crippen LogP contribution in [0.25, 0.3) is 0 Å². The molecular formula is C19H23N3O2. The quantitative estimate of drug-likeness (QED) is 0.783. The molecule has 0 aliphatic heterocycles. The molecule has 1 aromatic carbocycles. The van der Waals surface area contributed by atoms with Crippen molar-refractivity contribution in [3.63, 3.8) is 0 Å². The van der Waals surface area contributed by atoms with Crippen LogP contribution in [0.1, 0.15) is 36.9 Å². The summed E-state index contributed by atoms with van der Waals surface area (Å²) in [6.45, 7) is 2.97. The standard InChI is InChI=1S/C19H23N3O2/c1-14(21-12-15-3-2-10-20-11-15)16-4-8-18(9-5-16)24-13-19(23)22-17-6-7-17/h2-5,8-11,14,17,21H,6-7,12-13H2,1H3,(H,22,23)/t14-/m0/s1. The first-order valence-electron chi connectivity index (χ1n) is 8.35. The summed E-state index contributed by atoms with van der Waals surface area (Å²) in [5.41, 5.74) is 2.33. The van der Waals surface area contributed by atoms with Crippen LogP contribution >= 0.6 is 0 Å². The maximum atomic E-state index is 11.6. The molecule has 1 fully saturated rings. The van der Waals surface area contributed by atoms with Gasteiger partial charge >= 0.3 is 0 Å². The minimum atomic E-state index is -0.0481. The van der Waals surface area contributed by atoms with E-state index in [-0.39, 0.29) is 18.6 Å². The summed E-state index contributed by atoms with van der Waals surface area (Å²) < 4.78 is 5.52. The minimum Gasteiger partial charge on any atom is -0.484 e. The van der Waals surface area contributed by atoms with Crippen LogP contribution in [0.2, 0.25) is 0 Å². The molecule has 1 aliphatic rings. The summed E-state index contributed by atoms with van der Waals surface area (Å²) in [4.78, 5) is 15.7. The summed E-state index contributed by atoms with van der Waals surface area (Å²) in [5.74, 6) is 0.664. The summed E-state index contributed by atoms with van der Waals surface area (Å²) in [5, 5.41) is 6.38. The molecule has 24 heavy (non-hydrogen) atoms. The molecule has 2 aromatic rings. The minimum absolute atomic E-state index is 0.0481. The largest absolute Gasteiger partial charge is 0.484 e. The number of nitrogens with one attached hydrogen (secondary N) is 2. The van der Waals surface area contributed by atoms with Crippen molar-refractivity contribution in [2.75, 3.05) is 6.61 Å². The molecule has 5 heteroatoms. The van der Waals surface area contributed by atoms with E-state index in [2.05, 4.69) is 28.6 Å². The van der Waals surface area contributed by atoms with Crippen molar-refractivity contribution in [1.82, 2.24) is 15.6 Å². The Morgan fingerprint density at radius 2 is 2.08 bits per heavy atom. The third-order valence-corrected chi connectivity index (χ3v) is 4.03. The number of hydrogen-bond donors (Lipinski definition) is 2. The first-order valence-corrected chi connectivity index (χ1v) is 8.35. The van der Waals surface area contributed by atoms with E-state index in [0.717, 1.165) is 24.9 Å². The second kappa shape index (κ2) is 7.93. The lowest BCUT2D eigenvalue weighted by Gasteiger charge is -2.15. The summed E-state index contributed by atoms with van der Waals surface area (Å²) in [7, 11) is 0. The monoisotopic (exact) mass is 325 g/mol. The number of carbonyl (C=O) groups excluding carboxylic acids is 1. The van der Waals surface area contributed by atoms with Crippen LogP contribution in [-0.2, 0) is 11.3 Å². The van der Waals surface area contributed by atoms with Crippen molar-refractivity contribution in [3.05, 3.63) is 59.9 Å². The van der Waals surface area contributed by atoms with Crippen molar-refractivity contribution in [2.45, 2.75) is 38.4 Å². The van der Waals surface area contributed by atoms with Crippen LogP contribution < -0.4 is 15.4 Å². The van der Waals surface area contributed by atoms with Gasteiger partial charge in [-0.1, -0.05) is 18.2 Å². The Morgan fingerprint density at radius 3 is 2.75 bits per heavy atom. The molecule has 2 N–H and O–H groups in total. The Morgan fingerprint density at radius 1 is 1.29 bits per heavy atom. The van der Waals surface area contributed by atoms with E-state index in [1.54, 1.807) is 6.20 Å². The summed E-state index contributed by atoms with van der Waals surface area (Å²) in [6, 6.07) is 12.4. The Balaban J connectivity index is 1.45. The number of rotatable bonds is 8. The first-order chi connectivity index (χ1) is 11.7. The summed E-state index contributed by atoms with van der Waals surface area (Å²) in [6.07, 6.45) is 5.81. The third kappa shape index (κ3) is 5.06. The third-order valence-electron chi connectivity index (χ3n) is 4.03. The van der Waals surface area contributed by atoms with Crippen molar-refractivity contribution in [2.24, 2.45) is 0 Å². The zero-order valence-electron chi connectivity index (χ0n) is 13.9. The lowest BCUT2D eigenvalue weighted by Crippen LogP contribution is -2.30. The predicted molar refractivity (Wildman–Crippen MR) is 92.6 cm³/mol. The van der Waals surface area contributed by atoms with Gasteiger partial charge in [0, 0.05) is 31.0 Å². The maximum Gasteiger partial charge on any atom is 0.258 e. The zero-order valence-corrected chi connectivity index (χ0v) is 13.9. The maximum absolute atomic E-state index is 11.6. The second-order valence-corrected chi connectivity index (χ2v) is 6.16. The number of ether oxygens (including phenoxy) is 1. The Bertz CT molecular complexity index is 654. The van der Waals surface area contributed by atoms with Gasteiger partial charge in [0.2, 0.25) is 0 Å². The molecule has 1 amide bonds. The first kappa shape index (κ1) is 16.5. The molecule has 3 rings (SSSR count). The predicted octanol–water partition coefficient (Wildman–Crippen LogP) is 2.59. The molecule has 0 spiro atoms. The van der Waals surface area contributed by atoms with Gasteiger partial charge in [-0.05, 0) is 49.1 Å². The number of benzene rings is 1. The van der Waals surface area contributed by atoms with Gasteiger partial charge in [-0.15, -0.1) is 0 Å². The van der Waals surface area contributed by atoms with Crippen LogP contribution in [0.3, 0.4) is 0 Å². The van der Waals surface area contributed by atoms with Crippen LogP contribution in [0.5, 0.6) is 5.75 Å². The SMILES string of the molecule is C[C@H](NCc1cccnc1)c1ccc(OCC(=O)NC2CC2)cc1. The lowest BCUT2D eigenvalue weighted by molar-refractivity contribution is -0.123. The average molecular weight is 325 g/mol. The van der Waals surface area contributed by atoms with Crippen LogP contribution in [-0.4, -0.2) is 23.5 Å². The van der Waals surface area contributed by atoms with Crippen LogP contribution in [0.4, 0.5) is 0 Å².